The summed E-state index contributed by atoms with van der Waals surface area (Å²) in [5.74, 6) is 0.974. The first kappa shape index (κ1) is 19.2. The average molecular weight is 414 g/mol. The van der Waals surface area contributed by atoms with Crippen LogP contribution in [0.4, 0.5) is 5.69 Å². The van der Waals surface area contributed by atoms with E-state index in [9.17, 15) is 0 Å². The number of nitrogens with zero attached hydrogens (tertiary/aromatic N) is 3. The zero-order chi connectivity index (χ0) is 19.3. The molecule has 28 heavy (non-hydrogen) atoms. The van der Waals surface area contributed by atoms with Crippen molar-refractivity contribution in [2.24, 2.45) is 0 Å². The van der Waals surface area contributed by atoms with Crippen LogP contribution in [0.15, 0.2) is 53.9 Å². The number of ether oxygens (including phenoxy) is 1. The second kappa shape index (κ2) is 8.95. The zero-order valence-corrected chi connectivity index (χ0v) is 17.5. The van der Waals surface area contributed by atoms with Crippen molar-refractivity contribution in [1.29, 1.82) is 0 Å². The molecule has 0 bridgehead atoms. The van der Waals surface area contributed by atoms with Gasteiger partial charge in [-0.1, -0.05) is 41.9 Å². The van der Waals surface area contributed by atoms with Crippen molar-refractivity contribution in [3.8, 4) is 16.3 Å². The van der Waals surface area contributed by atoms with Gasteiger partial charge < -0.3 is 9.64 Å². The van der Waals surface area contributed by atoms with Crippen LogP contribution in [0.25, 0.3) is 10.6 Å². The first-order valence-corrected chi connectivity index (χ1v) is 10.9. The summed E-state index contributed by atoms with van der Waals surface area (Å²) in [7, 11) is 0. The summed E-state index contributed by atoms with van der Waals surface area (Å²) in [4.78, 5) is 9.69. The van der Waals surface area contributed by atoms with Crippen LogP contribution >= 0.6 is 22.9 Å². The van der Waals surface area contributed by atoms with E-state index in [1.54, 1.807) is 11.3 Å². The summed E-state index contributed by atoms with van der Waals surface area (Å²) in [6.45, 7) is 7.60. The summed E-state index contributed by atoms with van der Waals surface area (Å²) < 4.78 is 5.79. The largest absolute Gasteiger partial charge is 0.492 e. The van der Waals surface area contributed by atoms with Gasteiger partial charge >= 0.3 is 0 Å². The number of thiazole rings is 1. The minimum absolute atomic E-state index is 0.689. The number of anilines is 1. The van der Waals surface area contributed by atoms with E-state index in [1.807, 2.05) is 37.3 Å². The Kier molecular flexibility index (Phi) is 6.15. The monoisotopic (exact) mass is 413 g/mol. The van der Waals surface area contributed by atoms with Gasteiger partial charge in [-0.15, -0.1) is 11.3 Å². The second-order valence-corrected chi connectivity index (χ2v) is 8.05. The van der Waals surface area contributed by atoms with Crippen LogP contribution in [0.3, 0.4) is 0 Å². The van der Waals surface area contributed by atoms with Crippen molar-refractivity contribution in [3.63, 3.8) is 0 Å². The summed E-state index contributed by atoms with van der Waals surface area (Å²) in [6.07, 6.45) is 0. The van der Waals surface area contributed by atoms with Crippen LogP contribution in [0, 0.1) is 0 Å². The molecule has 1 aliphatic rings. The quantitative estimate of drug-likeness (QED) is 0.556. The highest BCUT2D eigenvalue weighted by atomic mass is 35.5. The lowest BCUT2D eigenvalue weighted by Crippen LogP contribution is -2.46. The fourth-order valence-electron chi connectivity index (χ4n) is 3.51. The first-order chi connectivity index (χ1) is 13.7. The smallest absolute Gasteiger partial charge is 0.142 e. The summed E-state index contributed by atoms with van der Waals surface area (Å²) in [5, 5.41) is 3.89. The molecule has 0 amide bonds. The Morgan fingerprint density at radius 3 is 2.57 bits per heavy atom. The normalized spacial score (nSPS) is 15.0. The topological polar surface area (TPSA) is 28.6 Å². The molecule has 146 valence electrons. The standard InChI is InChI=1S/C22H24ClN3OS/c1-2-27-21-10-6-5-9-20(21)26-13-11-25(12-14-26)15-17-16-28-22(24-17)18-7-3-4-8-19(18)23/h3-10,16H,2,11-15H2,1H3. The molecule has 4 rings (SSSR count). The molecule has 1 aliphatic heterocycles. The molecule has 0 radical (unpaired) electrons. The Labute approximate surface area is 175 Å². The highest BCUT2D eigenvalue weighted by Gasteiger charge is 2.20. The summed E-state index contributed by atoms with van der Waals surface area (Å²) >= 11 is 7.97. The Bertz CT molecular complexity index is 921. The molecule has 0 saturated carbocycles. The molecule has 4 nitrogen and oxygen atoms in total. The number of hydrogen-bond donors (Lipinski definition) is 0. The maximum Gasteiger partial charge on any atom is 0.142 e. The van der Waals surface area contributed by atoms with Gasteiger partial charge in [0.25, 0.3) is 0 Å². The van der Waals surface area contributed by atoms with E-state index in [-0.39, 0.29) is 0 Å². The van der Waals surface area contributed by atoms with E-state index in [2.05, 4.69) is 33.4 Å². The SMILES string of the molecule is CCOc1ccccc1N1CCN(Cc2csc(-c3ccccc3Cl)n2)CC1. The zero-order valence-electron chi connectivity index (χ0n) is 16.0. The minimum Gasteiger partial charge on any atom is -0.492 e. The maximum absolute atomic E-state index is 6.31. The van der Waals surface area contributed by atoms with Crippen molar-refractivity contribution in [3.05, 3.63) is 64.6 Å². The van der Waals surface area contributed by atoms with E-state index < -0.39 is 0 Å². The van der Waals surface area contributed by atoms with Crippen LogP contribution in [0.1, 0.15) is 12.6 Å². The van der Waals surface area contributed by atoms with E-state index in [1.165, 1.54) is 5.69 Å². The molecular formula is C22H24ClN3OS. The van der Waals surface area contributed by atoms with E-state index >= 15 is 0 Å². The number of piperazine rings is 1. The number of para-hydroxylation sites is 2. The number of halogens is 1. The molecule has 2 aromatic carbocycles. The fourth-order valence-corrected chi connectivity index (χ4v) is 4.64. The third-order valence-corrected chi connectivity index (χ3v) is 6.17. The number of benzene rings is 2. The first-order valence-electron chi connectivity index (χ1n) is 9.63. The molecule has 2 heterocycles. The van der Waals surface area contributed by atoms with Gasteiger partial charge in [-0.05, 0) is 25.1 Å². The maximum atomic E-state index is 6.31. The molecule has 6 heteroatoms. The number of hydrogen-bond acceptors (Lipinski definition) is 5. The van der Waals surface area contributed by atoms with Gasteiger partial charge in [0.05, 0.1) is 23.0 Å². The third-order valence-electron chi connectivity index (χ3n) is 4.92. The third kappa shape index (κ3) is 4.32. The molecule has 0 aliphatic carbocycles. The van der Waals surface area contributed by atoms with Crippen molar-refractivity contribution in [1.82, 2.24) is 9.88 Å². The van der Waals surface area contributed by atoms with Crippen molar-refractivity contribution < 1.29 is 4.74 Å². The van der Waals surface area contributed by atoms with Crippen LogP contribution in [-0.2, 0) is 6.54 Å². The molecule has 0 unspecified atom stereocenters. The molecule has 1 fully saturated rings. The average Bonchev–Trinajstić information content (AvgIpc) is 3.18. The highest BCUT2D eigenvalue weighted by molar-refractivity contribution is 7.13. The van der Waals surface area contributed by atoms with Crippen molar-refractivity contribution in [2.45, 2.75) is 13.5 Å². The lowest BCUT2D eigenvalue weighted by molar-refractivity contribution is 0.246. The Morgan fingerprint density at radius 2 is 1.79 bits per heavy atom. The molecule has 1 aromatic heterocycles. The lowest BCUT2D eigenvalue weighted by atomic mass is 10.2. The van der Waals surface area contributed by atoms with E-state index in [0.29, 0.717) is 6.61 Å². The Hall–Kier alpha value is -2.08. The van der Waals surface area contributed by atoms with Crippen LogP contribution < -0.4 is 9.64 Å². The van der Waals surface area contributed by atoms with Crippen LogP contribution in [-0.4, -0.2) is 42.7 Å². The lowest BCUT2D eigenvalue weighted by Gasteiger charge is -2.36. The van der Waals surface area contributed by atoms with Crippen molar-refractivity contribution >= 4 is 28.6 Å². The Morgan fingerprint density at radius 1 is 1.04 bits per heavy atom. The van der Waals surface area contributed by atoms with Gasteiger partial charge in [0.15, 0.2) is 0 Å². The molecule has 0 atom stereocenters. The van der Waals surface area contributed by atoms with Gasteiger partial charge in [0.1, 0.15) is 10.8 Å². The van der Waals surface area contributed by atoms with Gasteiger partial charge in [0.2, 0.25) is 0 Å². The highest BCUT2D eigenvalue weighted by Crippen LogP contribution is 2.31. The van der Waals surface area contributed by atoms with Gasteiger partial charge in [-0.2, -0.15) is 0 Å². The summed E-state index contributed by atoms with van der Waals surface area (Å²) in [5.41, 5.74) is 3.32. The Balaban J connectivity index is 1.37. The number of aromatic nitrogens is 1. The van der Waals surface area contributed by atoms with Crippen LogP contribution in [0.2, 0.25) is 5.02 Å². The van der Waals surface area contributed by atoms with Gasteiger partial charge in [-0.3, -0.25) is 4.90 Å². The minimum atomic E-state index is 0.689. The van der Waals surface area contributed by atoms with Gasteiger partial charge in [-0.25, -0.2) is 4.98 Å². The number of rotatable bonds is 6. The predicted octanol–water partition coefficient (Wildman–Crippen LogP) is 5.18. The molecule has 0 spiro atoms. The predicted molar refractivity (Wildman–Crippen MR) is 118 cm³/mol. The van der Waals surface area contributed by atoms with Gasteiger partial charge in [0, 0.05) is 43.7 Å². The molecule has 3 aromatic rings. The van der Waals surface area contributed by atoms with E-state index in [4.69, 9.17) is 21.3 Å². The molecular weight excluding hydrogens is 390 g/mol. The molecule has 1 saturated heterocycles. The molecule has 0 N–H and O–H groups in total. The van der Waals surface area contributed by atoms with Crippen molar-refractivity contribution in [2.75, 3.05) is 37.7 Å². The second-order valence-electron chi connectivity index (χ2n) is 6.79. The summed E-state index contributed by atoms with van der Waals surface area (Å²) in [6, 6.07) is 16.2. The van der Waals surface area contributed by atoms with Crippen LogP contribution in [0.5, 0.6) is 5.75 Å². The fraction of sp³-hybridized carbons (Fsp3) is 0.318. The van der Waals surface area contributed by atoms with E-state index in [0.717, 1.165) is 59.8 Å².